The van der Waals surface area contributed by atoms with Crippen LogP contribution in [0.15, 0.2) is 52.9 Å². The van der Waals surface area contributed by atoms with Crippen LogP contribution in [0.1, 0.15) is 5.56 Å². The van der Waals surface area contributed by atoms with E-state index in [9.17, 15) is 0 Å². The number of benzene rings is 2. The summed E-state index contributed by atoms with van der Waals surface area (Å²) in [5.74, 6) is 1.71. The fraction of sp³-hybridized carbons (Fsp3) is 0.176. The fourth-order valence-electron chi connectivity index (χ4n) is 1.99. The van der Waals surface area contributed by atoms with Gasteiger partial charge in [-0.25, -0.2) is 4.68 Å². The maximum absolute atomic E-state index is 5.92. The van der Waals surface area contributed by atoms with Gasteiger partial charge in [0, 0.05) is 10.8 Å². The molecule has 24 heavy (non-hydrogen) atoms. The molecule has 0 bridgehead atoms. The Bertz CT molecular complexity index is 857. The van der Waals surface area contributed by atoms with Gasteiger partial charge in [-0.2, -0.15) is 0 Å². The summed E-state index contributed by atoms with van der Waals surface area (Å²) in [5.41, 5.74) is 2.15. The van der Waals surface area contributed by atoms with Crippen molar-refractivity contribution in [3.8, 4) is 11.4 Å². The molecular weight excluding hydrogens is 380 g/mol. The van der Waals surface area contributed by atoms with Crippen molar-refractivity contribution in [2.45, 2.75) is 11.3 Å². The van der Waals surface area contributed by atoms with E-state index in [-0.39, 0.29) is 0 Å². The molecule has 3 nitrogen and oxygen atoms in total. The monoisotopic (exact) mass is 394 g/mol. The van der Waals surface area contributed by atoms with Crippen LogP contribution in [0.4, 0.5) is 0 Å². The smallest absolute Gasteiger partial charge is 0.184 e. The van der Waals surface area contributed by atoms with Crippen molar-refractivity contribution in [2.75, 3.05) is 12.4 Å². The van der Waals surface area contributed by atoms with Crippen LogP contribution >= 0.6 is 46.9 Å². The minimum atomic E-state index is 0.626. The number of rotatable bonds is 6. The summed E-state index contributed by atoms with van der Waals surface area (Å²) in [4.78, 5) is 0. The van der Waals surface area contributed by atoms with Crippen molar-refractivity contribution in [3.63, 3.8) is 0 Å². The second-order valence-electron chi connectivity index (χ2n) is 5.03. The Labute approximate surface area is 159 Å². The van der Waals surface area contributed by atoms with E-state index in [0.29, 0.717) is 11.6 Å². The van der Waals surface area contributed by atoms with Crippen LogP contribution in [0.2, 0.25) is 5.02 Å². The molecule has 0 spiro atoms. The van der Waals surface area contributed by atoms with Crippen LogP contribution < -0.4 is 4.74 Å². The number of aryl methyl sites for hydroxylation is 1. The third-order valence-corrected chi connectivity index (χ3v) is 5.78. The minimum absolute atomic E-state index is 0.626. The molecule has 0 unspecified atom stereocenters. The van der Waals surface area contributed by atoms with E-state index < -0.39 is 0 Å². The number of halogens is 1. The first-order chi connectivity index (χ1) is 11.6. The van der Waals surface area contributed by atoms with Crippen molar-refractivity contribution in [1.82, 2.24) is 9.78 Å². The number of thioether (sulfide) groups is 1. The molecule has 0 N–H and O–H groups in total. The van der Waals surface area contributed by atoms with Crippen LogP contribution in [0.5, 0.6) is 5.75 Å². The molecule has 124 valence electrons. The normalized spacial score (nSPS) is 10.8. The average Bonchev–Trinajstić information content (AvgIpc) is 2.95. The molecule has 0 aliphatic heterocycles. The Morgan fingerprint density at radius 2 is 1.88 bits per heavy atom. The molecule has 0 saturated heterocycles. The highest BCUT2D eigenvalue weighted by Crippen LogP contribution is 2.24. The van der Waals surface area contributed by atoms with E-state index in [4.69, 9.17) is 28.6 Å². The van der Waals surface area contributed by atoms with Gasteiger partial charge in [0.2, 0.25) is 0 Å². The molecule has 2 aromatic carbocycles. The summed E-state index contributed by atoms with van der Waals surface area (Å²) < 4.78 is 9.14. The molecule has 0 aliphatic carbocycles. The predicted molar refractivity (Wildman–Crippen MR) is 105 cm³/mol. The first kappa shape index (κ1) is 17.5. The summed E-state index contributed by atoms with van der Waals surface area (Å²) in [5, 5.41) is 5.26. The van der Waals surface area contributed by atoms with Crippen molar-refractivity contribution >= 4 is 46.9 Å². The van der Waals surface area contributed by atoms with Gasteiger partial charge in [0.1, 0.15) is 5.75 Å². The average molecular weight is 395 g/mol. The molecule has 0 radical (unpaired) electrons. The van der Waals surface area contributed by atoms with Crippen LogP contribution in [-0.2, 0) is 0 Å². The van der Waals surface area contributed by atoms with Crippen molar-refractivity contribution in [1.29, 1.82) is 0 Å². The van der Waals surface area contributed by atoms with Gasteiger partial charge in [0.15, 0.2) is 8.29 Å². The quantitative estimate of drug-likeness (QED) is 0.300. The Morgan fingerprint density at radius 1 is 1.17 bits per heavy atom. The maximum Gasteiger partial charge on any atom is 0.184 e. The molecule has 1 heterocycles. The number of ether oxygens (including phenoxy) is 1. The first-order valence-electron chi connectivity index (χ1n) is 7.30. The molecule has 1 aromatic heterocycles. The SMILES string of the molecule is Cc1ccc(OCCSc2nn(-c3ccc(Cl)cc3)c(=S)s2)cc1. The molecule has 0 saturated carbocycles. The third kappa shape index (κ3) is 4.60. The maximum atomic E-state index is 5.92. The zero-order valence-corrected chi connectivity index (χ0v) is 16.1. The van der Waals surface area contributed by atoms with Gasteiger partial charge in [-0.05, 0) is 55.5 Å². The zero-order valence-electron chi connectivity index (χ0n) is 12.9. The van der Waals surface area contributed by atoms with Crippen LogP contribution in [0.3, 0.4) is 0 Å². The lowest BCUT2D eigenvalue weighted by molar-refractivity contribution is 0.344. The second kappa shape index (κ2) is 8.16. The highest BCUT2D eigenvalue weighted by molar-refractivity contribution is 8.01. The summed E-state index contributed by atoms with van der Waals surface area (Å²) in [6.45, 7) is 2.69. The largest absolute Gasteiger partial charge is 0.493 e. The van der Waals surface area contributed by atoms with Crippen molar-refractivity contribution in [2.24, 2.45) is 0 Å². The summed E-state index contributed by atoms with van der Waals surface area (Å²) >= 11 is 14.5. The Kier molecular flexibility index (Phi) is 5.94. The highest BCUT2D eigenvalue weighted by atomic mass is 35.5. The Hall–Kier alpha value is -1.34. The summed E-state index contributed by atoms with van der Waals surface area (Å²) in [7, 11) is 0. The van der Waals surface area contributed by atoms with Crippen LogP contribution in [0.25, 0.3) is 5.69 Å². The summed E-state index contributed by atoms with van der Waals surface area (Å²) in [6, 6.07) is 15.5. The van der Waals surface area contributed by atoms with Gasteiger partial charge in [0.25, 0.3) is 0 Å². The van der Waals surface area contributed by atoms with Crippen molar-refractivity contribution in [3.05, 3.63) is 63.1 Å². The van der Waals surface area contributed by atoms with Crippen molar-refractivity contribution < 1.29 is 4.74 Å². The van der Waals surface area contributed by atoms with E-state index >= 15 is 0 Å². The Balaban J connectivity index is 1.56. The molecule has 3 rings (SSSR count). The Morgan fingerprint density at radius 3 is 2.58 bits per heavy atom. The zero-order chi connectivity index (χ0) is 16.9. The number of hydrogen-bond donors (Lipinski definition) is 0. The minimum Gasteiger partial charge on any atom is -0.493 e. The second-order valence-corrected chi connectivity index (χ2v) is 8.43. The molecule has 0 aliphatic rings. The van der Waals surface area contributed by atoms with Crippen LogP contribution in [0, 0.1) is 10.9 Å². The molecule has 0 amide bonds. The van der Waals surface area contributed by atoms with E-state index in [1.165, 1.54) is 16.9 Å². The van der Waals surface area contributed by atoms with Gasteiger partial charge in [0.05, 0.1) is 12.3 Å². The molecule has 3 aromatic rings. The van der Waals surface area contributed by atoms with E-state index in [1.807, 2.05) is 48.5 Å². The van der Waals surface area contributed by atoms with E-state index in [1.54, 1.807) is 16.4 Å². The lowest BCUT2D eigenvalue weighted by Crippen LogP contribution is -2.00. The molecular formula is C17H15ClN2OS3. The highest BCUT2D eigenvalue weighted by Gasteiger charge is 2.06. The standard InChI is InChI=1S/C17H15ClN2OS3/c1-12-2-8-15(9-3-12)21-10-11-23-16-19-20(17(22)24-16)14-6-4-13(18)5-7-14/h2-9H,10-11H2,1H3. The third-order valence-electron chi connectivity index (χ3n) is 3.20. The lowest BCUT2D eigenvalue weighted by Gasteiger charge is -2.05. The van der Waals surface area contributed by atoms with Gasteiger partial charge in [-0.3, -0.25) is 0 Å². The number of nitrogens with zero attached hydrogens (tertiary/aromatic N) is 2. The van der Waals surface area contributed by atoms with Gasteiger partial charge in [-0.1, -0.05) is 52.4 Å². The first-order valence-corrected chi connectivity index (χ1v) is 9.89. The van der Waals surface area contributed by atoms with Gasteiger partial charge >= 0.3 is 0 Å². The predicted octanol–water partition coefficient (Wildman–Crippen LogP) is 5.80. The van der Waals surface area contributed by atoms with Gasteiger partial charge < -0.3 is 4.74 Å². The lowest BCUT2D eigenvalue weighted by atomic mass is 10.2. The fourth-order valence-corrected chi connectivity index (χ4v) is 4.36. The number of hydrogen-bond acceptors (Lipinski definition) is 5. The van der Waals surface area contributed by atoms with Gasteiger partial charge in [-0.15, -0.1) is 5.10 Å². The summed E-state index contributed by atoms with van der Waals surface area (Å²) in [6.07, 6.45) is 0. The molecule has 0 fully saturated rings. The van der Waals surface area contributed by atoms with E-state index in [0.717, 1.165) is 25.5 Å². The topological polar surface area (TPSA) is 27.1 Å². The van der Waals surface area contributed by atoms with Crippen LogP contribution in [-0.4, -0.2) is 22.1 Å². The number of aromatic nitrogens is 2. The van der Waals surface area contributed by atoms with E-state index in [2.05, 4.69) is 12.0 Å². The molecule has 7 heteroatoms. The molecule has 0 atom stereocenters.